The van der Waals surface area contributed by atoms with E-state index in [1.807, 2.05) is 0 Å². The summed E-state index contributed by atoms with van der Waals surface area (Å²) in [6.45, 7) is 0. The first-order valence-electron chi connectivity index (χ1n) is 24.3. The summed E-state index contributed by atoms with van der Waals surface area (Å²) in [4.78, 5) is 0. The third-order valence-electron chi connectivity index (χ3n) is 15.8. The lowest BCUT2D eigenvalue weighted by atomic mass is 9.89. The molecule has 322 valence electrons. The van der Waals surface area contributed by atoms with E-state index in [0.717, 1.165) is 11.4 Å². The topological polar surface area (TPSA) is 18.7 Å². The Hall–Kier alpha value is -9.38. The molecule has 0 bridgehead atoms. The standard InChI is InChI=1S/C66H38N4/c1-5-19-39(20-6-1)57-61-47-31-17-29-44-50-38-55-49(43-27-13-15-33-51(43)68(55)42-25-11-4-12-26-42)37-56(50)70(63(44)47)66(61)58(40-21-7-2-8-22-40)62-48-32-18-30-46-60-54(69(64(46)48)65(57)62)36-35-53-59(60)45-28-14-16-34-52(45)67(53)41-23-9-3-10-24-41/h1-38H. The van der Waals surface area contributed by atoms with Crippen molar-refractivity contribution in [3.63, 3.8) is 0 Å². The summed E-state index contributed by atoms with van der Waals surface area (Å²) in [5.74, 6) is 0. The minimum Gasteiger partial charge on any atom is -0.309 e. The highest BCUT2D eigenvalue weighted by molar-refractivity contribution is 6.40. The zero-order valence-electron chi connectivity index (χ0n) is 37.7. The minimum atomic E-state index is 1.16. The van der Waals surface area contributed by atoms with Crippen molar-refractivity contribution < 1.29 is 0 Å². The summed E-state index contributed by atoms with van der Waals surface area (Å²) >= 11 is 0. The lowest BCUT2D eigenvalue weighted by Gasteiger charge is -2.16. The molecule has 0 unspecified atom stereocenters. The lowest BCUT2D eigenvalue weighted by molar-refractivity contribution is 1.18. The second-order valence-electron chi connectivity index (χ2n) is 19.1. The first-order chi connectivity index (χ1) is 34.8. The van der Waals surface area contributed by atoms with Crippen molar-refractivity contribution in [2.75, 3.05) is 0 Å². The van der Waals surface area contributed by atoms with Gasteiger partial charge in [0, 0.05) is 87.1 Å². The van der Waals surface area contributed by atoms with Crippen LogP contribution in [0, 0.1) is 0 Å². The Labute approximate surface area is 400 Å². The zero-order chi connectivity index (χ0) is 45.3. The van der Waals surface area contributed by atoms with Crippen LogP contribution in [0.1, 0.15) is 0 Å². The van der Waals surface area contributed by atoms with Gasteiger partial charge in [-0.15, -0.1) is 0 Å². The predicted octanol–water partition coefficient (Wildman–Crippen LogP) is 17.5. The monoisotopic (exact) mass is 886 g/mol. The molecule has 6 heterocycles. The maximum absolute atomic E-state index is 2.65. The molecule has 0 N–H and O–H groups in total. The number of hydrogen-bond acceptors (Lipinski definition) is 0. The molecule has 0 radical (unpaired) electrons. The Kier molecular flexibility index (Phi) is 6.92. The summed E-state index contributed by atoms with van der Waals surface area (Å²) in [6.07, 6.45) is 0. The van der Waals surface area contributed by atoms with E-state index in [1.165, 1.54) is 142 Å². The number of rotatable bonds is 4. The van der Waals surface area contributed by atoms with Gasteiger partial charge in [0.1, 0.15) is 0 Å². The third-order valence-corrected chi connectivity index (χ3v) is 15.8. The molecule has 11 aromatic carbocycles. The van der Waals surface area contributed by atoms with E-state index in [-0.39, 0.29) is 0 Å². The maximum atomic E-state index is 2.65. The molecule has 17 rings (SSSR count). The molecule has 70 heavy (non-hydrogen) atoms. The molecule has 0 saturated heterocycles. The van der Waals surface area contributed by atoms with Gasteiger partial charge in [-0.25, -0.2) is 0 Å². The van der Waals surface area contributed by atoms with Crippen LogP contribution < -0.4 is 0 Å². The van der Waals surface area contributed by atoms with Gasteiger partial charge in [-0.3, -0.25) is 0 Å². The van der Waals surface area contributed by atoms with Gasteiger partial charge in [0.15, 0.2) is 0 Å². The fourth-order valence-electron chi connectivity index (χ4n) is 13.2. The van der Waals surface area contributed by atoms with Crippen molar-refractivity contribution in [1.29, 1.82) is 0 Å². The molecule has 0 atom stereocenters. The summed E-state index contributed by atoms with van der Waals surface area (Å²) in [6, 6.07) is 85.7. The first-order valence-corrected chi connectivity index (χ1v) is 24.3. The quantitative estimate of drug-likeness (QED) is 0.168. The normalized spacial score (nSPS) is 12.6. The van der Waals surface area contributed by atoms with Gasteiger partial charge in [0.2, 0.25) is 0 Å². The predicted molar refractivity (Wildman–Crippen MR) is 295 cm³/mol. The Morgan fingerprint density at radius 3 is 1.23 bits per heavy atom. The summed E-state index contributed by atoms with van der Waals surface area (Å²) < 4.78 is 10.2. The Balaban J connectivity index is 1.12. The average molecular weight is 887 g/mol. The largest absolute Gasteiger partial charge is 0.309 e. The van der Waals surface area contributed by atoms with Crippen molar-refractivity contribution in [3.8, 4) is 33.6 Å². The van der Waals surface area contributed by atoms with E-state index >= 15 is 0 Å². The molecule has 0 aliphatic rings. The van der Waals surface area contributed by atoms with Gasteiger partial charge in [-0.05, 0) is 71.8 Å². The van der Waals surface area contributed by atoms with Crippen molar-refractivity contribution >= 4 is 120 Å². The van der Waals surface area contributed by atoms with Gasteiger partial charge in [-0.1, -0.05) is 170 Å². The van der Waals surface area contributed by atoms with Crippen molar-refractivity contribution in [2.45, 2.75) is 0 Å². The zero-order valence-corrected chi connectivity index (χ0v) is 37.7. The van der Waals surface area contributed by atoms with Gasteiger partial charge < -0.3 is 17.9 Å². The van der Waals surface area contributed by atoms with Crippen molar-refractivity contribution in [1.82, 2.24) is 17.9 Å². The number of nitrogens with zero attached hydrogens (tertiary/aromatic N) is 4. The van der Waals surface area contributed by atoms with Crippen molar-refractivity contribution in [2.24, 2.45) is 0 Å². The highest BCUT2D eigenvalue weighted by Crippen LogP contribution is 2.55. The molecule has 6 aromatic heterocycles. The lowest BCUT2D eigenvalue weighted by Crippen LogP contribution is -1.94. The van der Waals surface area contributed by atoms with Crippen LogP contribution in [0.2, 0.25) is 0 Å². The molecular weight excluding hydrogens is 849 g/mol. The van der Waals surface area contributed by atoms with Crippen LogP contribution in [0.3, 0.4) is 0 Å². The minimum absolute atomic E-state index is 1.16. The molecule has 0 aliphatic heterocycles. The fourth-order valence-corrected chi connectivity index (χ4v) is 13.2. The second kappa shape index (κ2) is 13.2. The maximum Gasteiger partial charge on any atom is 0.0634 e. The van der Waals surface area contributed by atoms with Crippen LogP contribution in [0.5, 0.6) is 0 Å². The van der Waals surface area contributed by atoms with E-state index in [2.05, 4.69) is 248 Å². The van der Waals surface area contributed by atoms with Crippen LogP contribution in [0.15, 0.2) is 231 Å². The molecule has 4 heteroatoms. The number of benzene rings is 11. The smallest absolute Gasteiger partial charge is 0.0634 e. The molecule has 0 saturated carbocycles. The van der Waals surface area contributed by atoms with Gasteiger partial charge >= 0.3 is 0 Å². The van der Waals surface area contributed by atoms with Crippen LogP contribution in [-0.4, -0.2) is 17.9 Å². The van der Waals surface area contributed by atoms with Crippen LogP contribution in [0.4, 0.5) is 0 Å². The SMILES string of the molecule is c1ccc(-c2c3c4cccc5c6c7c8ccccc8n(-c8ccccc8)c7ccc6n(c3c(-c3ccccc3)c3c6cccc7c8cc9c(cc8n(c23)c76)c2ccccc2n9-c2ccccc2)c45)cc1. The summed E-state index contributed by atoms with van der Waals surface area (Å²) in [7, 11) is 0. The Morgan fingerprint density at radius 2 is 0.614 bits per heavy atom. The summed E-state index contributed by atoms with van der Waals surface area (Å²) in [5.41, 5.74) is 19.6. The molecule has 0 amide bonds. The highest BCUT2D eigenvalue weighted by atomic mass is 15.0. The van der Waals surface area contributed by atoms with Gasteiger partial charge in [0.25, 0.3) is 0 Å². The van der Waals surface area contributed by atoms with Gasteiger partial charge in [-0.2, -0.15) is 0 Å². The number of para-hydroxylation sites is 6. The van der Waals surface area contributed by atoms with E-state index in [0.29, 0.717) is 0 Å². The molecule has 4 nitrogen and oxygen atoms in total. The van der Waals surface area contributed by atoms with Gasteiger partial charge in [0.05, 0.1) is 55.2 Å². The molecule has 0 spiro atoms. The Bertz CT molecular complexity index is 4900. The molecular formula is C66H38N4. The number of aromatic nitrogens is 4. The van der Waals surface area contributed by atoms with Crippen LogP contribution in [-0.2, 0) is 0 Å². The van der Waals surface area contributed by atoms with E-state index < -0.39 is 0 Å². The first kappa shape index (κ1) is 36.7. The van der Waals surface area contributed by atoms with Crippen LogP contribution >= 0.6 is 0 Å². The fraction of sp³-hybridized carbons (Fsp3) is 0. The van der Waals surface area contributed by atoms with Crippen LogP contribution in [0.25, 0.3) is 153 Å². The molecule has 0 aliphatic carbocycles. The summed E-state index contributed by atoms with van der Waals surface area (Å²) in [5, 5.41) is 15.2. The third kappa shape index (κ3) is 4.43. The molecule has 17 aromatic rings. The highest BCUT2D eigenvalue weighted by Gasteiger charge is 2.32. The number of fused-ring (bicyclic) bond motifs is 19. The van der Waals surface area contributed by atoms with E-state index in [1.54, 1.807) is 0 Å². The molecule has 0 fully saturated rings. The second-order valence-corrected chi connectivity index (χ2v) is 19.1. The van der Waals surface area contributed by atoms with E-state index in [4.69, 9.17) is 0 Å². The van der Waals surface area contributed by atoms with Crippen molar-refractivity contribution in [3.05, 3.63) is 231 Å². The average Bonchev–Trinajstić information content (AvgIpc) is 4.26. The Morgan fingerprint density at radius 1 is 0.214 bits per heavy atom. The van der Waals surface area contributed by atoms with E-state index in [9.17, 15) is 0 Å². The number of hydrogen-bond donors (Lipinski definition) is 0.